The van der Waals surface area contributed by atoms with Crippen molar-refractivity contribution in [2.45, 2.75) is 63.5 Å². The molecule has 0 aliphatic carbocycles. The Morgan fingerprint density at radius 3 is 2.11 bits per heavy atom. The molecule has 2 aliphatic heterocycles. The van der Waals surface area contributed by atoms with E-state index in [0.717, 1.165) is 0 Å². The minimum absolute atomic E-state index is 0.282. The molecule has 1 spiro atoms. The highest BCUT2D eigenvalue weighted by Gasteiger charge is 2.77. The summed E-state index contributed by atoms with van der Waals surface area (Å²) in [6.45, 7) is 6.78. The number of ketones is 1. The topological polar surface area (TPSA) is 99.5 Å². The second kappa shape index (κ2) is 3.98. The van der Waals surface area contributed by atoms with E-state index in [9.17, 15) is 20.1 Å². The lowest BCUT2D eigenvalue weighted by Gasteiger charge is -2.19. The minimum atomic E-state index is -1.38. The Balaban J connectivity index is 2.16. The van der Waals surface area contributed by atoms with Crippen LogP contribution in [-0.2, 0) is 14.3 Å². The molecule has 2 saturated heterocycles. The molecule has 0 radical (unpaired) electrons. The third kappa shape index (κ3) is 1.71. The van der Waals surface area contributed by atoms with Crippen LogP contribution in [-0.4, -0.2) is 56.9 Å². The van der Waals surface area contributed by atoms with Crippen LogP contribution in [0.25, 0.3) is 0 Å². The summed E-state index contributed by atoms with van der Waals surface area (Å²) in [7, 11) is 0. The van der Waals surface area contributed by atoms with Crippen molar-refractivity contribution < 1.29 is 29.6 Å². The Labute approximate surface area is 106 Å². The first kappa shape index (κ1) is 13.9. The van der Waals surface area contributed by atoms with Gasteiger partial charge in [0, 0.05) is 0 Å². The van der Waals surface area contributed by atoms with Crippen LogP contribution in [0.2, 0.25) is 0 Å². The van der Waals surface area contributed by atoms with E-state index < -0.39 is 41.6 Å². The zero-order valence-electron chi connectivity index (χ0n) is 11.0. The smallest absolute Gasteiger partial charge is 0.228 e. The number of carbonyl (C=O) groups is 1. The van der Waals surface area contributed by atoms with Crippen LogP contribution in [0.5, 0.6) is 0 Å². The SMILES string of the molecule is CC(C)C(O)C(=O)[C@H]1OC2(OC2(C)C)[C@@H](O)[C@H]1O. The predicted molar refractivity (Wildman–Crippen MR) is 60.6 cm³/mol. The molecule has 6 heteroatoms. The van der Waals surface area contributed by atoms with Gasteiger partial charge in [-0.1, -0.05) is 13.8 Å². The van der Waals surface area contributed by atoms with Crippen molar-refractivity contribution in [3.63, 3.8) is 0 Å². The number of rotatable bonds is 3. The predicted octanol–water partition coefficient (Wildman–Crippen LogP) is -0.802. The highest BCUT2D eigenvalue weighted by Crippen LogP contribution is 2.56. The number of hydrogen-bond acceptors (Lipinski definition) is 6. The molecule has 0 aromatic carbocycles. The van der Waals surface area contributed by atoms with E-state index >= 15 is 0 Å². The average molecular weight is 260 g/mol. The Hall–Kier alpha value is -0.530. The number of ether oxygens (including phenoxy) is 2. The summed E-state index contributed by atoms with van der Waals surface area (Å²) in [5.41, 5.74) is -0.745. The second-order valence-corrected chi connectivity index (χ2v) is 5.84. The summed E-state index contributed by atoms with van der Waals surface area (Å²) >= 11 is 0. The number of hydrogen-bond donors (Lipinski definition) is 3. The number of aliphatic hydroxyl groups excluding tert-OH is 3. The molecule has 0 aromatic rings. The molecule has 0 saturated carbocycles. The second-order valence-electron chi connectivity index (χ2n) is 5.84. The van der Waals surface area contributed by atoms with Crippen LogP contribution in [0.1, 0.15) is 27.7 Å². The molecule has 0 amide bonds. The van der Waals surface area contributed by atoms with Gasteiger partial charge in [0.25, 0.3) is 0 Å². The van der Waals surface area contributed by atoms with Gasteiger partial charge in [-0.2, -0.15) is 0 Å². The maximum absolute atomic E-state index is 12.0. The minimum Gasteiger partial charge on any atom is -0.387 e. The lowest BCUT2D eigenvalue weighted by molar-refractivity contribution is -0.149. The fourth-order valence-electron chi connectivity index (χ4n) is 2.38. The Morgan fingerprint density at radius 2 is 1.78 bits per heavy atom. The molecule has 18 heavy (non-hydrogen) atoms. The molecule has 104 valence electrons. The van der Waals surface area contributed by atoms with Crippen molar-refractivity contribution in [3.8, 4) is 0 Å². The Bertz CT molecular complexity index is 366. The lowest BCUT2D eigenvalue weighted by atomic mass is 9.94. The first-order valence-corrected chi connectivity index (χ1v) is 6.10. The van der Waals surface area contributed by atoms with Crippen LogP contribution in [0, 0.1) is 5.92 Å². The quantitative estimate of drug-likeness (QED) is 0.574. The molecule has 5 atom stereocenters. The fourth-order valence-corrected chi connectivity index (χ4v) is 2.38. The molecule has 3 N–H and O–H groups in total. The molecule has 2 aliphatic rings. The van der Waals surface area contributed by atoms with Crippen LogP contribution < -0.4 is 0 Å². The summed E-state index contributed by atoms with van der Waals surface area (Å²) in [6.07, 6.45) is -5.15. The maximum Gasteiger partial charge on any atom is 0.228 e. The van der Waals surface area contributed by atoms with Crippen molar-refractivity contribution in [1.29, 1.82) is 0 Å². The molecule has 2 unspecified atom stereocenters. The molecule has 0 aromatic heterocycles. The Kier molecular flexibility index (Phi) is 3.07. The van der Waals surface area contributed by atoms with Crippen LogP contribution in [0.15, 0.2) is 0 Å². The van der Waals surface area contributed by atoms with Crippen LogP contribution in [0.3, 0.4) is 0 Å². The van der Waals surface area contributed by atoms with Gasteiger partial charge in [0.05, 0.1) is 0 Å². The summed E-state index contributed by atoms with van der Waals surface area (Å²) < 4.78 is 10.7. The largest absolute Gasteiger partial charge is 0.387 e. The summed E-state index contributed by atoms with van der Waals surface area (Å²) in [6, 6.07) is 0. The molecular formula is C12H20O6. The molecular weight excluding hydrogens is 240 g/mol. The third-order valence-corrected chi connectivity index (χ3v) is 3.73. The first-order chi connectivity index (χ1) is 8.14. The highest BCUT2D eigenvalue weighted by atomic mass is 16.8. The summed E-state index contributed by atoms with van der Waals surface area (Å²) in [5, 5.41) is 29.5. The number of epoxide rings is 1. The standard InChI is InChI=1S/C12H20O6/c1-5(2)6(13)7(14)9-8(15)10(16)12(17-9)11(3,4)18-12/h5-6,8-10,13,15-16H,1-4H3/t6?,8-,9+,10-,12?/m0/s1. The molecule has 0 bridgehead atoms. The van der Waals surface area contributed by atoms with Crippen molar-refractivity contribution in [3.05, 3.63) is 0 Å². The lowest BCUT2D eigenvalue weighted by Crippen LogP contribution is -2.43. The van der Waals surface area contributed by atoms with E-state index in [1.54, 1.807) is 27.7 Å². The van der Waals surface area contributed by atoms with Gasteiger partial charge in [0.2, 0.25) is 5.79 Å². The van der Waals surface area contributed by atoms with Gasteiger partial charge in [0.1, 0.15) is 23.9 Å². The maximum atomic E-state index is 12.0. The molecule has 6 nitrogen and oxygen atoms in total. The van der Waals surface area contributed by atoms with Crippen molar-refractivity contribution >= 4 is 5.78 Å². The van der Waals surface area contributed by atoms with Gasteiger partial charge in [-0.25, -0.2) is 0 Å². The van der Waals surface area contributed by atoms with E-state index in [1.807, 2.05) is 0 Å². The summed E-state index contributed by atoms with van der Waals surface area (Å²) in [5.74, 6) is -2.24. The van der Waals surface area contributed by atoms with E-state index in [2.05, 4.69) is 0 Å². The average Bonchev–Trinajstić information content (AvgIpc) is 2.75. The number of carbonyl (C=O) groups excluding carboxylic acids is 1. The Morgan fingerprint density at radius 1 is 1.28 bits per heavy atom. The van der Waals surface area contributed by atoms with Crippen LogP contribution in [0.4, 0.5) is 0 Å². The third-order valence-electron chi connectivity index (χ3n) is 3.73. The van der Waals surface area contributed by atoms with Crippen molar-refractivity contribution in [2.75, 3.05) is 0 Å². The van der Waals surface area contributed by atoms with Crippen molar-refractivity contribution in [2.24, 2.45) is 5.92 Å². The van der Waals surface area contributed by atoms with Crippen molar-refractivity contribution in [1.82, 2.24) is 0 Å². The molecule has 2 fully saturated rings. The van der Waals surface area contributed by atoms with Gasteiger partial charge >= 0.3 is 0 Å². The van der Waals surface area contributed by atoms with Gasteiger partial charge in [-0.05, 0) is 19.8 Å². The first-order valence-electron chi connectivity index (χ1n) is 6.10. The van der Waals surface area contributed by atoms with E-state index in [4.69, 9.17) is 9.47 Å². The van der Waals surface area contributed by atoms with Gasteiger partial charge < -0.3 is 24.8 Å². The zero-order valence-corrected chi connectivity index (χ0v) is 11.0. The van der Waals surface area contributed by atoms with E-state index in [0.29, 0.717) is 0 Å². The number of aliphatic hydroxyl groups is 3. The van der Waals surface area contributed by atoms with Gasteiger partial charge in [-0.15, -0.1) is 0 Å². The molecule has 2 rings (SSSR count). The van der Waals surface area contributed by atoms with Gasteiger partial charge in [0.15, 0.2) is 11.9 Å². The summed E-state index contributed by atoms with van der Waals surface area (Å²) in [4.78, 5) is 12.0. The fraction of sp³-hybridized carbons (Fsp3) is 0.917. The normalized spacial score (nSPS) is 43.4. The van der Waals surface area contributed by atoms with Crippen LogP contribution >= 0.6 is 0 Å². The number of Topliss-reactive ketones (excluding diaryl/α,β-unsaturated/α-hetero) is 1. The van der Waals surface area contributed by atoms with Gasteiger partial charge in [-0.3, -0.25) is 4.79 Å². The highest BCUT2D eigenvalue weighted by molar-refractivity contribution is 5.88. The zero-order chi connectivity index (χ0) is 13.9. The van der Waals surface area contributed by atoms with E-state index in [-0.39, 0.29) is 5.92 Å². The van der Waals surface area contributed by atoms with E-state index in [1.165, 1.54) is 0 Å². The molecule has 2 heterocycles. The monoisotopic (exact) mass is 260 g/mol.